The molecule has 0 aliphatic rings. The Bertz CT molecular complexity index is 1160. The highest BCUT2D eigenvalue weighted by atomic mass is 32.2. The number of halogens is 1. The second kappa shape index (κ2) is 13.4. The monoisotopic (exact) mass is 536 g/mol. The zero-order chi connectivity index (χ0) is 27.8. The molecule has 2 atom stereocenters. The standard InChI is InChI=1S/C26H37FN4O5S/c1-7-19(3)28-26(33)23(8-2)30(17-20-13-15-21(36-6)16-14-20)25(32)18-31(37(34,35)29(4)5)24-12-10-9-11-22(24)27/h9-16,19,23H,7-8,17-18H2,1-6H3,(H,28,33)/t19-,23+/m1/s1. The molecule has 0 aliphatic heterocycles. The van der Waals surface area contributed by atoms with Gasteiger partial charge in [0.05, 0.1) is 12.8 Å². The molecule has 0 fully saturated rings. The molecular formula is C26H37FN4O5S. The summed E-state index contributed by atoms with van der Waals surface area (Å²) in [4.78, 5) is 28.3. The van der Waals surface area contributed by atoms with Gasteiger partial charge in [0.25, 0.3) is 0 Å². The van der Waals surface area contributed by atoms with Crippen LogP contribution in [0.25, 0.3) is 0 Å². The summed E-state index contributed by atoms with van der Waals surface area (Å²) in [6.07, 6.45) is 1.00. The summed E-state index contributed by atoms with van der Waals surface area (Å²) >= 11 is 0. The van der Waals surface area contributed by atoms with Crippen LogP contribution in [0, 0.1) is 5.82 Å². The van der Waals surface area contributed by atoms with Crippen molar-refractivity contribution in [2.45, 2.75) is 52.2 Å². The summed E-state index contributed by atoms with van der Waals surface area (Å²) in [6, 6.07) is 11.4. The van der Waals surface area contributed by atoms with Crippen molar-refractivity contribution in [3.8, 4) is 5.75 Å². The van der Waals surface area contributed by atoms with Crippen LogP contribution in [0.5, 0.6) is 5.75 Å². The van der Waals surface area contributed by atoms with Gasteiger partial charge in [-0.15, -0.1) is 0 Å². The smallest absolute Gasteiger partial charge is 0.304 e. The molecule has 0 heterocycles. The third-order valence-electron chi connectivity index (χ3n) is 6.04. The zero-order valence-corrected chi connectivity index (χ0v) is 23.1. The van der Waals surface area contributed by atoms with Crippen molar-refractivity contribution in [3.05, 3.63) is 59.9 Å². The van der Waals surface area contributed by atoms with Crippen molar-refractivity contribution in [2.24, 2.45) is 0 Å². The highest BCUT2D eigenvalue weighted by molar-refractivity contribution is 7.90. The van der Waals surface area contributed by atoms with Gasteiger partial charge in [-0.1, -0.05) is 38.1 Å². The molecule has 0 radical (unpaired) electrons. The molecule has 2 aromatic carbocycles. The third kappa shape index (κ3) is 7.65. The summed E-state index contributed by atoms with van der Waals surface area (Å²) in [7, 11) is -0.0916. The van der Waals surface area contributed by atoms with E-state index in [0.717, 1.165) is 20.2 Å². The number of amides is 2. The van der Waals surface area contributed by atoms with Crippen LogP contribution in [-0.4, -0.2) is 69.3 Å². The van der Waals surface area contributed by atoms with E-state index in [0.29, 0.717) is 18.6 Å². The number of carbonyl (C=O) groups excluding carboxylic acids is 2. The Hall–Kier alpha value is -3.18. The number of rotatable bonds is 13. The lowest BCUT2D eigenvalue weighted by atomic mass is 10.1. The number of anilines is 1. The van der Waals surface area contributed by atoms with Gasteiger partial charge in [0.15, 0.2) is 0 Å². The number of nitrogens with zero attached hydrogens (tertiary/aromatic N) is 3. The number of methoxy groups -OCH3 is 1. The Labute approximate surface area is 219 Å². The van der Waals surface area contributed by atoms with E-state index in [2.05, 4.69) is 5.32 Å². The number of nitrogens with one attached hydrogen (secondary N) is 1. The fourth-order valence-corrected chi connectivity index (χ4v) is 4.71. The van der Waals surface area contributed by atoms with Crippen molar-refractivity contribution >= 4 is 27.7 Å². The van der Waals surface area contributed by atoms with E-state index in [-0.39, 0.29) is 24.2 Å². The number of para-hydroxylation sites is 1. The lowest BCUT2D eigenvalue weighted by molar-refractivity contribution is -0.140. The zero-order valence-electron chi connectivity index (χ0n) is 22.3. The lowest BCUT2D eigenvalue weighted by Crippen LogP contribution is -2.54. The molecule has 37 heavy (non-hydrogen) atoms. The maximum Gasteiger partial charge on any atom is 0.304 e. The second-order valence-corrected chi connectivity index (χ2v) is 10.9. The van der Waals surface area contributed by atoms with Gasteiger partial charge >= 0.3 is 10.2 Å². The van der Waals surface area contributed by atoms with Crippen molar-refractivity contribution in [1.29, 1.82) is 0 Å². The average Bonchev–Trinajstić information content (AvgIpc) is 2.87. The molecule has 1 N–H and O–H groups in total. The maximum atomic E-state index is 14.7. The number of hydrogen-bond donors (Lipinski definition) is 1. The van der Waals surface area contributed by atoms with Gasteiger partial charge in [-0.05, 0) is 49.6 Å². The maximum absolute atomic E-state index is 14.7. The van der Waals surface area contributed by atoms with Gasteiger partial charge in [0.2, 0.25) is 11.8 Å². The van der Waals surface area contributed by atoms with Crippen LogP contribution in [0.4, 0.5) is 10.1 Å². The van der Waals surface area contributed by atoms with Crippen LogP contribution in [0.2, 0.25) is 0 Å². The second-order valence-electron chi connectivity index (χ2n) is 8.86. The molecule has 0 bridgehead atoms. The van der Waals surface area contributed by atoms with Gasteiger partial charge in [-0.2, -0.15) is 12.7 Å². The molecule has 0 unspecified atom stereocenters. The lowest BCUT2D eigenvalue weighted by Gasteiger charge is -2.34. The first-order valence-electron chi connectivity index (χ1n) is 12.1. The summed E-state index contributed by atoms with van der Waals surface area (Å²) in [5.74, 6) is -1.14. The number of ether oxygens (including phenoxy) is 1. The van der Waals surface area contributed by atoms with Crippen molar-refractivity contribution in [2.75, 3.05) is 32.1 Å². The molecule has 2 amide bonds. The van der Waals surface area contributed by atoms with Crippen molar-refractivity contribution in [1.82, 2.24) is 14.5 Å². The molecule has 2 rings (SSSR count). The molecule has 0 spiro atoms. The highest BCUT2D eigenvalue weighted by Crippen LogP contribution is 2.24. The normalized spacial score (nSPS) is 13.1. The van der Waals surface area contributed by atoms with Crippen molar-refractivity contribution in [3.63, 3.8) is 0 Å². The fourth-order valence-electron chi connectivity index (χ4n) is 3.64. The van der Waals surface area contributed by atoms with Crippen LogP contribution >= 0.6 is 0 Å². The quantitative estimate of drug-likeness (QED) is 0.424. The summed E-state index contributed by atoms with van der Waals surface area (Å²) in [5, 5.41) is 2.91. The molecule has 0 saturated carbocycles. The molecule has 204 valence electrons. The first kappa shape index (κ1) is 30.0. The Balaban J connectivity index is 2.51. The van der Waals surface area contributed by atoms with E-state index in [9.17, 15) is 22.4 Å². The SMILES string of the molecule is CC[C@@H](C)NC(=O)[C@H](CC)N(Cc1ccc(OC)cc1)C(=O)CN(c1ccccc1F)S(=O)(=O)N(C)C. The number of carbonyl (C=O) groups is 2. The number of benzene rings is 2. The van der Waals surface area contributed by atoms with E-state index in [1.165, 1.54) is 37.2 Å². The minimum absolute atomic E-state index is 0.0440. The Morgan fingerprint density at radius 2 is 1.65 bits per heavy atom. The van der Waals surface area contributed by atoms with E-state index in [4.69, 9.17) is 4.74 Å². The summed E-state index contributed by atoms with van der Waals surface area (Å²) in [6.45, 7) is 4.93. The van der Waals surface area contributed by atoms with E-state index < -0.39 is 34.5 Å². The van der Waals surface area contributed by atoms with Crippen LogP contribution in [-0.2, 0) is 26.3 Å². The third-order valence-corrected chi connectivity index (χ3v) is 7.84. The van der Waals surface area contributed by atoms with E-state index >= 15 is 0 Å². The minimum Gasteiger partial charge on any atom is -0.497 e. The molecule has 0 aliphatic carbocycles. The molecule has 0 saturated heterocycles. The van der Waals surface area contributed by atoms with Crippen LogP contribution in [0.1, 0.15) is 39.2 Å². The van der Waals surface area contributed by atoms with Gasteiger partial charge in [-0.25, -0.2) is 8.70 Å². The summed E-state index contributed by atoms with van der Waals surface area (Å²) in [5.41, 5.74) is 0.461. The van der Waals surface area contributed by atoms with Gasteiger partial charge in [-0.3, -0.25) is 9.59 Å². The average molecular weight is 537 g/mol. The predicted octanol–water partition coefficient (Wildman–Crippen LogP) is 3.17. The van der Waals surface area contributed by atoms with Crippen molar-refractivity contribution < 1.29 is 27.1 Å². The van der Waals surface area contributed by atoms with E-state index in [1.54, 1.807) is 38.3 Å². The van der Waals surface area contributed by atoms with Gasteiger partial charge < -0.3 is 15.0 Å². The Morgan fingerprint density at radius 1 is 1.03 bits per heavy atom. The van der Waals surface area contributed by atoms with Crippen LogP contribution in [0.3, 0.4) is 0 Å². The minimum atomic E-state index is -4.24. The van der Waals surface area contributed by atoms with Crippen LogP contribution < -0.4 is 14.4 Å². The van der Waals surface area contributed by atoms with Gasteiger partial charge in [0, 0.05) is 26.7 Å². The predicted molar refractivity (Wildman–Crippen MR) is 142 cm³/mol. The Kier molecular flexibility index (Phi) is 10.9. The molecule has 9 nitrogen and oxygen atoms in total. The molecule has 2 aromatic rings. The van der Waals surface area contributed by atoms with Crippen LogP contribution in [0.15, 0.2) is 48.5 Å². The first-order chi connectivity index (χ1) is 17.5. The van der Waals surface area contributed by atoms with E-state index in [1.807, 2.05) is 13.8 Å². The fraction of sp³-hybridized carbons (Fsp3) is 0.462. The first-order valence-corrected chi connectivity index (χ1v) is 13.5. The Morgan fingerprint density at radius 3 is 2.16 bits per heavy atom. The highest BCUT2D eigenvalue weighted by Gasteiger charge is 2.34. The topological polar surface area (TPSA) is 99.3 Å². The summed E-state index contributed by atoms with van der Waals surface area (Å²) < 4.78 is 47.8. The van der Waals surface area contributed by atoms with Gasteiger partial charge in [0.1, 0.15) is 24.2 Å². The largest absolute Gasteiger partial charge is 0.497 e. The molecule has 0 aromatic heterocycles. The molecular weight excluding hydrogens is 499 g/mol. The molecule has 11 heteroatoms. The number of hydrogen-bond acceptors (Lipinski definition) is 5.